The van der Waals surface area contributed by atoms with E-state index in [1.807, 2.05) is 7.05 Å². The van der Waals surface area contributed by atoms with Gasteiger partial charge >= 0.3 is 0 Å². The number of hydrogen-bond acceptors (Lipinski definition) is 3. The minimum absolute atomic E-state index is 0. The summed E-state index contributed by atoms with van der Waals surface area (Å²) in [6.07, 6.45) is 1.10. The number of hydrogen-bond donors (Lipinski definition) is 2. The lowest BCUT2D eigenvalue weighted by Gasteiger charge is -2.30. The number of rotatable bonds is 10. The van der Waals surface area contributed by atoms with Gasteiger partial charge in [-0.05, 0) is 45.7 Å². The molecule has 0 amide bonds. The van der Waals surface area contributed by atoms with E-state index in [2.05, 4.69) is 83.7 Å². The molecule has 144 valence electrons. The van der Waals surface area contributed by atoms with E-state index < -0.39 is 0 Å². The fourth-order valence-corrected chi connectivity index (χ4v) is 2.81. The van der Waals surface area contributed by atoms with Gasteiger partial charge in [-0.25, -0.2) is 0 Å². The number of likely N-dealkylation sites (N-methyl/N-ethyl adjacent to an activating group) is 1. The molecule has 0 aliphatic heterocycles. The first-order chi connectivity index (χ1) is 11.6. The second-order valence-electron chi connectivity index (χ2n) is 6.18. The maximum Gasteiger partial charge on any atom is 0.191 e. The maximum atomic E-state index is 4.34. The third-order valence-corrected chi connectivity index (χ3v) is 4.20. The third-order valence-electron chi connectivity index (χ3n) is 4.20. The molecule has 0 aliphatic rings. The van der Waals surface area contributed by atoms with Crippen LogP contribution in [0.1, 0.15) is 31.9 Å². The molecule has 5 nitrogen and oxygen atoms in total. The summed E-state index contributed by atoms with van der Waals surface area (Å²) in [5.74, 6) is 0.877. The van der Waals surface area contributed by atoms with Gasteiger partial charge < -0.3 is 15.5 Å². The Morgan fingerprint density at radius 1 is 1.08 bits per heavy atom. The Morgan fingerprint density at radius 2 is 1.72 bits per heavy atom. The molecule has 1 unspecified atom stereocenters. The SMILES string of the molecule is CCN(CC)C(CNC(=NC)NCCCN(C)C)c1ccccc1.I. The highest BCUT2D eigenvalue weighted by Crippen LogP contribution is 2.19. The topological polar surface area (TPSA) is 42.9 Å². The van der Waals surface area contributed by atoms with Gasteiger partial charge in [0.05, 0.1) is 6.04 Å². The standard InChI is InChI=1S/C19H35N5.HI/c1-6-24(7-2)18(17-12-9-8-10-13-17)16-22-19(20-3)21-14-11-15-23(4)5;/h8-10,12-13,18H,6-7,11,14-16H2,1-5H3,(H2,20,21,22);1H. The molecule has 0 radical (unpaired) electrons. The van der Waals surface area contributed by atoms with Crippen molar-refractivity contribution in [1.29, 1.82) is 0 Å². The highest BCUT2D eigenvalue weighted by atomic mass is 127. The van der Waals surface area contributed by atoms with Crippen LogP contribution in [0.5, 0.6) is 0 Å². The summed E-state index contributed by atoms with van der Waals surface area (Å²) >= 11 is 0. The Bertz CT molecular complexity index is 460. The van der Waals surface area contributed by atoms with Crippen LogP contribution < -0.4 is 10.6 Å². The highest BCUT2D eigenvalue weighted by molar-refractivity contribution is 14.0. The van der Waals surface area contributed by atoms with Crippen molar-refractivity contribution in [3.05, 3.63) is 35.9 Å². The van der Waals surface area contributed by atoms with Crippen molar-refractivity contribution in [2.45, 2.75) is 26.3 Å². The maximum absolute atomic E-state index is 4.34. The van der Waals surface area contributed by atoms with Crippen molar-refractivity contribution in [1.82, 2.24) is 20.4 Å². The van der Waals surface area contributed by atoms with Gasteiger partial charge in [-0.1, -0.05) is 44.2 Å². The van der Waals surface area contributed by atoms with Crippen LogP contribution in [-0.2, 0) is 0 Å². The quantitative estimate of drug-likeness (QED) is 0.244. The van der Waals surface area contributed by atoms with Gasteiger partial charge in [-0.3, -0.25) is 9.89 Å². The summed E-state index contributed by atoms with van der Waals surface area (Å²) in [6.45, 7) is 9.36. The number of aliphatic imine (C=N–C) groups is 1. The molecule has 1 aromatic carbocycles. The number of guanidine groups is 1. The van der Waals surface area contributed by atoms with E-state index in [9.17, 15) is 0 Å². The second-order valence-corrected chi connectivity index (χ2v) is 6.18. The Kier molecular flexibility index (Phi) is 13.8. The van der Waals surface area contributed by atoms with Crippen LogP contribution in [0.25, 0.3) is 0 Å². The molecule has 6 heteroatoms. The van der Waals surface area contributed by atoms with Gasteiger partial charge in [0.25, 0.3) is 0 Å². The van der Waals surface area contributed by atoms with Crippen molar-refractivity contribution in [3.63, 3.8) is 0 Å². The van der Waals surface area contributed by atoms with Crippen molar-refractivity contribution >= 4 is 29.9 Å². The predicted molar refractivity (Wildman–Crippen MR) is 120 cm³/mol. The first-order valence-corrected chi connectivity index (χ1v) is 9.00. The minimum atomic E-state index is 0. The lowest BCUT2D eigenvalue weighted by Crippen LogP contribution is -2.43. The summed E-state index contributed by atoms with van der Waals surface area (Å²) in [7, 11) is 6.03. The second kappa shape index (κ2) is 14.3. The van der Waals surface area contributed by atoms with E-state index in [4.69, 9.17) is 0 Å². The van der Waals surface area contributed by atoms with Gasteiger partial charge in [0.2, 0.25) is 0 Å². The molecule has 0 aromatic heterocycles. The molecule has 0 bridgehead atoms. The normalized spacial score (nSPS) is 12.8. The fourth-order valence-electron chi connectivity index (χ4n) is 2.81. The fraction of sp³-hybridized carbons (Fsp3) is 0.632. The molecule has 1 atom stereocenters. The highest BCUT2D eigenvalue weighted by Gasteiger charge is 2.17. The van der Waals surface area contributed by atoms with Gasteiger partial charge in [-0.2, -0.15) is 0 Å². The zero-order chi connectivity index (χ0) is 17.8. The van der Waals surface area contributed by atoms with Gasteiger partial charge in [0, 0.05) is 20.1 Å². The molecule has 0 spiro atoms. The van der Waals surface area contributed by atoms with E-state index >= 15 is 0 Å². The summed E-state index contributed by atoms with van der Waals surface area (Å²) in [6, 6.07) is 11.1. The van der Waals surface area contributed by atoms with Gasteiger partial charge in [0.1, 0.15) is 0 Å². The lowest BCUT2D eigenvalue weighted by atomic mass is 10.1. The molecular weight excluding hydrogens is 425 g/mol. The van der Waals surface area contributed by atoms with Crippen LogP contribution in [0.15, 0.2) is 35.3 Å². The summed E-state index contributed by atoms with van der Waals surface area (Å²) in [4.78, 5) is 9.02. The van der Waals surface area contributed by atoms with Gasteiger partial charge in [-0.15, -0.1) is 24.0 Å². The Balaban J connectivity index is 0.00000576. The molecule has 1 aromatic rings. The monoisotopic (exact) mass is 461 g/mol. The number of benzene rings is 1. The molecular formula is C19H36IN5. The largest absolute Gasteiger partial charge is 0.356 e. The number of nitrogens with one attached hydrogen (secondary N) is 2. The van der Waals surface area contributed by atoms with Crippen LogP contribution in [0, 0.1) is 0 Å². The Hall–Kier alpha value is -0.860. The summed E-state index contributed by atoms with van der Waals surface area (Å²) < 4.78 is 0. The smallest absolute Gasteiger partial charge is 0.191 e. The Morgan fingerprint density at radius 3 is 2.24 bits per heavy atom. The van der Waals surface area contributed by atoms with Crippen LogP contribution in [0.2, 0.25) is 0 Å². The van der Waals surface area contributed by atoms with Crippen molar-refractivity contribution in [3.8, 4) is 0 Å². The van der Waals surface area contributed by atoms with Crippen molar-refractivity contribution in [2.75, 3.05) is 53.9 Å². The molecule has 0 aliphatic carbocycles. The van der Waals surface area contributed by atoms with Crippen molar-refractivity contribution in [2.24, 2.45) is 4.99 Å². The average molecular weight is 461 g/mol. The predicted octanol–water partition coefficient (Wildman–Crippen LogP) is 2.80. The average Bonchev–Trinajstić information content (AvgIpc) is 2.60. The number of halogens is 1. The van der Waals surface area contributed by atoms with Gasteiger partial charge in [0.15, 0.2) is 5.96 Å². The van der Waals surface area contributed by atoms with Crippen LogP contribution in [-0.4, -0.2) is 69.6 Å². The molecule has 0 heterocycles. The minimum Gasteiger partial charge on any atom is -0.356 e. The van der Waals surface area contributed by atoms with E-state index in [0.29, 0.717) is 6.04 Å². The third kappa shape index (κ3) is 9.42. The molecule has 0 saturated carbocycles. The van der Waals surface area contributed by atoms with Crippen LogP contribution in [0.3, 0.4) is 0 Å². The van der Waals surface area contributed by atoms with E-state index in [1.54, 1.807) is 0 Å². The molecule has 1 rings (SSSR count). The van der Waals surface area contributed by atoms with Crippen LogP contribution >= 0.6 is 24.0 Å². The molecule has 25 heavy (non-hydrogen) atoms. The lowest BCUT2D eigenvalue weighted by molar-refractivity contribution is 0.219. The number of nitrogens with zero attached hydrogens (tertiary/aromatic N) is 3. The van der Waals surface area contributed by atoms with Crippen LogP contribution in [0.4, 0.5) is 0 Å². The van der Waals surface area contributed by atoms with E-state index in [0.717, 1.165) is 45.1 Å². The summed E-state index contributed by atoms with van der Waals surface area (Å²) in [5.41, 5.74) is 1.34. The first-order valence-electron chi connectivity index (χ1n) is 9.00. The van der Waals surface area contributed by atoms with E-state index in [-0.39, 0.29) is 24.0 Å². The van der Waals surface area contributed by atoms with Crippen molar-refractivity contribution < 1.29 is 0 Å². The zero-order valence-electron chi connectivity index (χ0n) is 16.5. The molecule has 0 fully saturated rings. The van der Waals surface area contributed by atoms with E-state index in [1.165, 1.54) is 5.56 Å². The molecule has 0 saturated heterocycles. The zero-order valence-corrected chi connectivity index (χ0v) is 18.8. The molecule has 2 N–H and O–H groups in total. The first kappa shape index (κ1) is 24.1. The summed E-state index contributed by atoms with van der Waals surface area (Å²) in [5, 5.41) is 6.89. The Labute approximate surface area is 171 Å².